The van der Waals surface area contributed by atoms with E-state index in [1.807, 2.05) is 36.4 Å². The number of hydrogen-bond donors (Lipinski definition) is 1. The molecule has 2 atom stereocenters. The maximum atomic E-state index is 12.6. The first-order valence-electron chi connectivity index (χ1n) is 11.0. The summed E-state index contributed by atoms with van der Waals surface area (Å²) in [6.45, 7) is 2.34. The van der Waals surface area contributed by atoms with Gasteiger partial charge in [-0.3, -0.25) is 14.4 Å². The Labute approximate surface area is 182 Å². The third-order valence-electron chi connectivity index (χ3n) is 6.03. The third kappa shape index (κ3) is 4.95. The number of rotatable bonds is 6. The zero-order chi connectivity index (χ0) is 21.8. The molecule has 1 aliphatic heterocycles. The van der Waals surface area contributed by atoms with Crippen molar-refractivity contribution >= 4 is 23.5 Å². The van der Waals surface area contributed by atoms with Crippen LogP contribution < -0.4 is 10.2 Å². The number of amides is 2. The number of aryl methyl sites for hydroxylation is 1. The highest BCUT2D eigenvalue weighted by Crippen LogP contribution is 2.29. The Hall–Kier alpha value is -3.15. The molecule has 6 heteroatoms. The summed E-state index contributed by atoms with van der Waals surface area (Å²) in [4.78, 5) is 38.6. The molecule has 6 nitrogen and oxygen atoms in total. The number of carbonyl (C=O) groups excluding carboxylic acids is 3. The number of benzene rings is 2. The van der Waals surface area contributed by atoms with Gasteiger partial charge in [-0.05, 0) is 61.4 Å². The van der Waals surface area contributed by atoms with Gasteiger partial charge in [0.05, 0.1) is 12.5 Å². The third-order valence-corrected chi connectivity index (χ3v) is 6.03. The molecule has 2 amide bonds. The predicted octanol–water partition coefficient (Wildman–Crippen LogP) is 3.48. The Bertz CT molecular complexity index is 970. The van der Waals surface area contributed by atoms with Crippen LogP contribution in [0, 0.1) is 0 Å². The van der Waals surface area contributed by atoms with Crippen molar-refractivity contribution in [2.75, 3.05) is 11.4 Å². The van der Waals surface area contributed by atoms with Crippen molar-refractivity contribution in [1.82, 2.24) is 5.32 Å². The molecule has 2 aromatic rings. The molecule has 2 aliphatic rings. The predicted molar refractivity (Wildman–Crippen MR) is 118 cm³/mol. The van der Waals surface area contributed by atoms with Crippen molar-refractivity contribution in [2.24, 2.45) is 0 Å². The van der Waals surface area contributed by atoms with E-state index in [-0.39, 0.29) is 24.3 Å². The van der Waals surface area contributed by atoms with E-state index in [0.29, 0.717) is 6.42 Å². The maximum absolute atomic E-state index is 12.6. The van der Waals surface area contributed by atoms with Gasteiger partial charge in [-0.1, -0.05) is 36.4 Å². The van der Waals surface area contributed by atoms with Crippen molar-refractivity contribution in [3.8, 4) is 0 Å². The summed E-state index contributed by atoms with van der Waals surface area (Å²) < 4.78 is 5.38. The first kappa shape index (κ1) is 21.1. The molecule has 0 aromatic heterocycles. The van der Waals surface area contributed by atoms with E-state index in [1.54, 1.807) is 11.8 Å². The van der Waals surface area contributed by atoms with Gasteiger partial charge in [0, 0.05) is 18.7 Å². The molecule has 1 aliphatic carbocycles. The van der Waals surface area contributed by atoms with Gasteiger partial charge in [0.15, 0.2) is 6.10 Å². The van der Waals surface area contributed by atoms with Crippen molar-refractivity contribution in [3.63, 3.8) is 0 Å². The van der Waals surface area contributed by atoms with E-state index in [0.717, 1.165) is 49.0 Å². The smallest absolute Gasteiger partial charge is 0.311 e. The van der Waals surface area contributed by atoms with Crippen molar-refractivity contribution in [2.45, 2.75) is 57.6 Å². The molecular formula is C25H28N2O4. The van der Waals surface area contributed by atoms with E-state index in [2.05, 4.69) is 17.4 Å². The standard InChI is InChI=1S/C25H28N2O4/c1-17(25(30)26-22-9-4-7-19-6-2-3-8-21(19)22)31-24(29)16-18-11-13-20(14-12-18)27-15-5-10-23(27)28/h2-3,6,8,11-14,17,22H,4-5,7,9-10,15-16H2,1H3,(H,26,30)/t17-,22+/m1/s1. The van der Waals surface area contributed by atoms with Gasteiger partial charge in [-0.2, -0.15) is 0 Å². The van der Waals surface area contributed by atoms with Gasteiger partial charge in [0.2, 0.25) is 5.91 Å². The second kappa shape index (κ2) is 9.33. The number of esters is 1. The van der Waals surface area contributed by atoms with Gasteiger partial charge >= 0.3 is 5.97 Å². The van der Waals surface area contributed by atoms with Gasteiger partial charge in [0.1, 0.15) is 0 Å². The summed E-state index contributed by atoms with van der Waals surface area (Å²) in [5.41, 5.74) is 4.05. The lowest BCUT2D eigenvalue weighted by atomic mass is 9.87. The molecule has 1 heterocycles. The van der Waals surface area contributed by atoms with E-state index in [4.69, 9.17) is 4.74 Å². The van der Waals surface area contributed by atoms with Crippen LogP contribution in [0.1, 0.15) is 55.3 Å². The Morgan fingerprint density at radius 3 is 2.61 bits per heavy atom. The topological polar surface area (TPSA) is 75.7 Å². The fourth-order valence-corrected chi connectivity index (χ4v) is 4.37. The van der Waals surface area contributed by atoms with Crippen LogP contribution in [0.4, 0.5) is 5.69 Å². The van der Waals surface area contributed by atoms with Crippen molar-refractivity contribution in [1.29, 1.82) is 0 Å². The SMILES string of the molecule is C[C@@H](OC(=O)Cc1ccc(N2CCCC2=O)cc1)C(=O)N[C@H]1CCCc2ccccc21. The largest absolute Gasteiger partial charge is 0.452 e. The number of nitrogens with zero attached hydrogens (tertiary/aromatic N) is 1. The molecule has 1 saturated heterocycles. The van der Waals surface area contributed by atoms with Gasteiger partial charge < -0.3 is 15.0 Å². The Kier molecular flexibility index (Phi) is 6.35. The van der Waals surface area contributed by atoms with E-state index in [1.165, 1.54) is 5.56 Å². The normalized spacial score (nSPS) is 18.9. The second-order valence-corrected chi connectivity index (χ2v) is 8.28. The number of hydrogen-bond acceptors (Lipinski definition) is 4. The minimum absolute atomic E-state index is 0.0422. The van der Waals surface area contributed by atoms with Gasteiger partial charge in [0.25, 0.3) is 5.91 Å². The molecule has 0 spiro atoms. The Morgan fingerprint density at radius 2 is 1.87 bits per heavy atom. The summed E-state index contributed by atoms with van der Waals surface area (Å²) in [7, 11) is 0. The van der Waals surface area contributed by atoms with Crippen LogP contribution in [0.15, 0.2) is 48.5 Å². The Balaban J connectivity index is 1.29. The minimum atomic E-state index is -0.858. The summed E-state index contributed by atoms with van der Waals surface area (Å²) >= 11 is 0. The minimum Gasteiger partial charge on any atom is -0.452 e. The summed E-state index contributed by atoms with van der Waals surface area (Å²) in [5, 5.41) is 3.03. The molecule has 0 radical (unpaired) electrons. The molecule has 31 heavy (non-hydrogen) atoms. The summed E-state index contributed by atoms with van der Waals surface area (Å²) in [6.07, 6.45) is 3.61. The average Bonchev–Trinajstić information content (AvgIpc) is 3.20. The molecule has 0 saturated carbocycles. The van der Waals surface area contributed by atoms with Crippen molar-refractivity contribution in [3.05, 3.63) is 65.2 Å². The van der Waals surface area contributed by atoms with Crippen LogP contribution in [0.5, 0.6) is 0 Å². The first-order valence-corrected chi connectivity index (χ1v) is 11.0. The highest BCUT2D eigenvalue weighted by molar-refractivity contribution is 5.95. The second-order valence-electron chi connectivity index (χ2n) is 8.28. The zero-order valence-electron chi connectivity index (χ0n) is 17.8. The monoisotopic (exact) mass is 420 g/mol. The highest BCUT2D eigenvalue weighted by Gasteiger charge is 2.25. The molecule has 162 valence electrons. The molecule has 2 aromatic carbocycles. The average molecular weight is 421 g/mol. The molecule has 0 unspecified atom stereocenters. The number of anilines is 1. The van der Waals surface area contributed by atoms with Crippen LogP contribution in [0.2, 0.25) is 0 Å². The highest BCUT2D eigenvalue weighted by atomic mass is 16.5. The van der Waals surface area contributed by atoms with Crippen LogP contribution in [-0.4, -0.2) is 30.4 Å². The lowest BCUT2D eigenvalue weighted by molar-refractivity contribution is -0.154. The Morgan fingerprint density at radius 1 is 1.10 bits per heavy atom. The molecule has 4 rings (SSSR count). The lowest BCUT2D eigenvalue weighted by Crippen LogP contribution is -2.39. The maximum Gasteiger partial charge on any atom is 0.311 e. The van der Waals surface area contributed by atoms with Gasteiger partial charge in [-0.25, -0.2) is 0 Å². The van der Waals surface area contributed by atoms with E-state index >= 15 is 0 Å². The zero-order valence-corrected chi connectivity index (χ0v) is 17.8. The van der Waals surface area contributed by atoms with Crippen LogP contribution in [-0.2, 0) is 32.0 Å². The van der Waals surface area contributed by atoms with Crippen LogP contribution in [0.25, 0.3) is 0 Å². The van der Waals surface area contributed by atoms with Crippen LogP contribution >= 0.6 is 0 Å². The fraction of sp³-hybridized carbons (Fsp3) is 0.400. The van der Waals surface area contributed by atoms with E-state index < -0.39 is 12.1 Å². The van der Waals surface area contributed by atoms with Crippen LogP contribution in [0.3, 0.4) is 0 Å². The molecule has 1 fully saturated rings. The molecular weight excluding hydrogens is 392 g/mol. The molecule has 0 bridgehead atoms. The number of carbonyl (C=O) groups is 3. The van der Waals surface area contributed by atoms with Gasteiger partial charge in [-0.15, -0.1) is 0 Å². The number of fused-ring (bicyclic) bond motifs is 1. The first-order chi connectivity index (χ1) is 15.0. The lowest BCUT2D eigenvalue weighted by Gasteiger charge is -2.27. The molecule has 1 N–H and O–H groups in total. The number of nitrogens with one attached hydrogen (secondary N) is 1. The quantitative estimate of drug-likeness (QED) is 0.726. The fourth-order valence-electron chi connectivity index (χ4n) is 4.37. The summed E-state index contributed by atoms with van der Waals surface area (Å²) in [6, 6.07) is 15.5. The van der Waals surface area contributed by atoms with Crippen molar-refractivity contribution < 1.29 is 19.1 Å². The number of ether oxygens (including phenoxy) is 1. The van der Waals surface area contributed by atoms with E-state index in [9.17, 15) is 14.4 Å². The summed E-state index contributed by atoms with van der Waals surface area (Å²) in [5.74, 6) is -0.595.